The van der Waals surface area contributed by atoms with Crippen LogP contribution in [-0.4, -0.2) is 29.4 Å². The van der Waals surface area contributed by atoms with Crippen LogP contribution in [-0.2, 0) is 0 Å². The lowest BCUT2D eigenvalue weighted by Crippen LogP contribution is -2.54. The van der Waals surface area contributed by atoms with Crippen molar-refractivity contribution in [2.24, 2.45) is 16.6 Å². The monoisotopic (exact) mass is 195 g/mol. The van der Waals surface area contributed by atoms with Crippen LogP contribution < -0.4 is 5.73 Å². The van der Waals surface area contributed by atoms with E-state index in [4.69, 9.17) is 5.73 Å². The van der Waals surface area contributed by atoms with E-state index in [1.807, 2.05) is 7.05 Å². The Kier molecular flexibility index (Phi) is 2.01. The van der Waals surface area contributed by atoms with E-state index >= 15 is 0 Å². The highest BCUT2D eigenvalue weighted by Crippen LogP contribution is 2.44. The Morgan fingerprint density at radius 3 is 2.93 bits per heavy atom. The van der Waals surface area contributed by atoms with Crippen LogP contribution in [0.25, 0.3) is 0 Å². The van der Waals surface area contributed by atoms with Gasteiger partial charge in [0.15, 0.2) is 0 Å². The molecule has 1 aliphatic carbocycles. The second-order valence-corrected chi connectivity index (χ2v) is 4.26. The van der Waals surface area contributed by atoms with Gasteiger partial charge in [0, 0.05) is 7.05 Å². The molecule has 2 rings (SSSR count). The smallest absolute Gasteiger partial charge is 0.345 e. The lowest BCUT2D eigenvalue weighted by atomic mass is 9.83. The lowest BCUT2D eigenvalue weighted by Gasteiger charge is -2.36. The first-order valence-electron chi connectivity index (χ1n) is 5.25. The maximum Gasteiger partial charge on any atom is 0.345 e. The van der Waals surface area contributed by atoms with E-state index in [0.29, 0.717) is 11.8 Å². The number of hydrogen-bond acceptors (Lipinski definition) is 2. The predicted octanol–water partition coefficient (Wildman–Crippen LogP) is 1.36. The molecule has 2 atom stereocenters. The molecular formula is C10H17N3O. The van der Waals surface area contributed by atoms with Crippen LogP contribution in [0, 0.1) is 5.92 Å². The van der Waals surface area contributed by atoms with Crippen LogP contribution in [0.2, 0.25) is 0 Å². The fraction of sp³-hybridized carbons (Fsp3) is 0.800. The fourth-order valence-corrected chi connectivity index (χ4v) is 3.00. The molecule has 1 saturated carbocycles. The molecule has 1 fully saturated rings. The first-order valence-corrected chi connectivity index (χ1v) is 5.25. The molecule has 0 bridgehead atoms. The van der Waals surface area contributed by atoms with Crippen molar-refractivity contribution < 1.29 is 4.79 Å². The van der Waals surface area contributed by atoms with Crippen LogP contribution in [0.3, 0.4) is 0 Å². The van der Waals surface area contributed by atoms with E-state index in [0.717, 1.165) is 25.7 Å². The van der Waals surface area contributed by atoms with E-state index in [1.54, 1.807) is 4.90 Å². The molecule has 0 saturated heterocycles. The van der Waals surface area contributed by atoms with Crippen molar-refractivity contribution in [2.75, 3.05) is 7.05 Å². The molecule has 2 N–H and O–H groups in total. The molecule has 0 aromatic heterocycles. The van der Waals surface area contributed by atoms with Crippen molar-refractivity contribution in [3.8, 4) is 0 Å². The van der Waals surface area contributed by atoms with Crippen LogP contribution in [0.4, 0.5) is 4.79 Å². The molecule has 0 radical (unpaired) electrons. The molecule has 2 unspecified atom stereocenters. The van der Waals surface area contributed by atoms with Gasteiger partial charge in [-0.2, -0.15) is 4.99 Å². The average molecular weight is 195 g/mol. The van der Waals surface area contributed by atoms with Gasteiger partial charge in [-0.15, -0.1) is 0 Å². The molecule has 78 valence electrons. The first-order chi connectivity index (χ1) is 6.63. The molecule has 4 heteroatoms. The number of hydrogen-bond donors (Lipinski definition) is 1. The zero-order valence-electron chi connectivity index (χ0n) is 8.79. The minimum atomic E-state index is -0.244. The Hall–Kier alpha value is -1.06. The first kappa shape index (κ1) is 9.49. The number of amidine groups is 1. The minimum Gasteiger partial charge on any atom is -0.385 e. The summed E-state index contributed by atoms with van der Waals surface area (Å²) in [5, 5.41) is 0. The highest BCUT2D eigenvalue weighted by molar-refractivity contribution is 6.06. The van der Waals surface area contributed by atoms with E-state index in [2.05, 4.69) is 11.9 Å². The van der Waals surface area contributed by atoms with Crippen molar-refractivity contribution in [2.45, 2.75) is 38.1 Å². The van der Waals surface area contributed by atoms with E-state index in [9.17, 15) is 4.79 Å². The zero-order chi connectivity index (χ0) is 10.3. The van der Waals surface area contributed by atoms with Gasteiger partial charge in [0.2, 0.25) is 0 Å². The summed E-state index contributed by atoms with van der Waals surface area (Å²) in [5.41, 5.74) is 5.67. The average Bonchev–Trinajstić information content (AvgIpc) is 2.67. The number of nitrogens with zero attached hydrogens (tertiary/aromatic N) is 2. The third-order valence-corrected chi connectivity index (χ3v) is 3.82. The van der Waals surface area contributed by atoms with Gasteiger partial charge in [-0.05, 0) is 18.8 Å². The summed E-state index contributed by atoms with van der Waals surface area (Å²) in [7, 11) is 1.82. The molecule has 2 aliphatic rings. The molecule has 2 amide bonds. The lowest BCUT2D eigenvalue weighted by molar-refractivity contribution is 0.165. The molecule has 4 nitrogen and oxygen atoms in total. The second-order valence-electron chi connectivity index (χ2n) is 4.26. The molecule has 1 spiro atoms. The predicted molar refractivity (Wildman–Crippen MR) is 55.1 cm³/mol. The Morgan fingerprint density at radius 1 is 1.71 bits per heavy atom. The van der Waals surface area contributed by atoms with Crippen molar-refractivity contribution >= 4 is 11.9 Å². The Bertz CT molecular complexity index is 300. The van der Waals surface area contributed by atoms with Gasteiger partial charge >= 0.3 is 6.03 Å². The van der Waals surface area contributed by atoms with Gasteiger partial charge in [-0.1, -0.05) is 19.8 Å². The standard InChI is InChI=1S/C10H17N3O/c1-3-7-5-4-6-10(7)8(11)12-9(14)13(10)2/h7H,3-6H2,1-2H3,(H2,11,12,14). The number of carbonyl (C=O) groups excluding carboxylic acids is 1. The number of likely N-dealkylation sites (N-methyl/N-ethyl adjacent to an activating group) is 1. The number of nitrogens with two attached hydrogens (primary N) is 1. The Morgan fingerprint density at radius 2 is 2.43 bits per heavy atom. The maximum absolute atomic E-state index is 11.5. The third-order valence-electron chi connectivity index (χ3n) is 3.82. The third kappa shape index (κ3) is 0.938. The van der Waals surface area contributed by atoms with Crippen LogP contribution in [0.1, 0.15) is 32.6 Å². The van der Waals surface area contributed by atoms with E-state index < -0.39 is 0 Å². The summed E-state index contributed by atoms with van der Waals surface area (Å²) >= 11 is 0. The number of rotatable bonds is 1. The van der Waals surface area contributed by atoms with Gasteiger partial charge in [-0.3, -0.25) is 0 Å². The van der Waals surface area contributed by atoms with E-state index in [1.165, 1.54) is 0 Å². The SMILES string of the molecule is CCC1CCCC12C(N)=NC(=O)N2C. The molecule has 1 aliphatic heterocycles. The van der Waals surface area contributed by atoms with Crippen LogP contribution >= 0.6 is 0 Å². The fourth-order valence-electron chi connectivity index (χ4n) is 3.00. The molecule has 0 aromatic rings. The quantitative estimate of drug-likeness (QED) is 0.686. The Balaban J connectivity index is 2.39. The number of urea groups is 1. The topological polar surface area (TPSA) is 58.7 Å². The van der Waals surface area contributed by atoms with Crippen molar-refractivity contribution in [3.63, 3.8) is 0 Å². The van der Waals surface area contributed by atoms with Crippen molar-refractivity contribution in [3.05, 3.63) is 0 Å². The summed E-state index contributed by atoms with van der Waals surface area (Å²) in [4.78, 5) is 17.1. The number of amides is 2. The van der Waals surface area contributed by atoms with Gasteiger partial charge in [0.25, 0.3) is 0 Å². The van der Waals surface area contributed by atoms with Crippen LogP contribution in [0.15, 0.2) is 4.99 Å². The maximum atomic E-state index is 11.5. The van der Waals surface area contributed by atoms with Gasteiger partial charge in [0.05, 0.1) is 0 Å². The highest BCUT2D eigenvalue weighted by Gasteiger charge is 2.53. The van der Waals surface area contributed by atoms with Crippen molar-refractivity contribution in [1.29, 1.82) is 0 Å². The van der Waals surface area contributed by atoms with Crippen LogP contribution in [0.5, 0.6) is 0 Å². The molecule has 14 heavy (non-hydrogen) atoms. The minimum absolute atomic E-state index is 0.178. The van der Waals surface area contributed by atoms with Gasteiger partial charge < -0.3 is 10.6 Å². The summed E-state index contributed by atoms with van der Waals surface area (Å²) in [5.74, 6) is 1.03. The largest absolute Gasteiger partial charge is 0.385 e. The zero-order valence-corrected chi connectivity index (χ0v) is 8.79. The Labute approximate surface area is 84.2 Å². The molecule has 0 aromatic carbocycles. The summed E-state index contributed by atoms with van der Waals surface area (Å²) in [6.07, 6.45) is 4.34. The van der Waals surface area contributed by atoms with E-state index in [-0.39, 0.29) is 11.6 Å². The number of carbonyl (C=O) groups is 1. The summed E-state index contributed by atoms with van der Waals surface area (Å²) in [6, 6.07) is -0.178. The summed E-state index contributed by atoms with van der Waals surface area (Å²) in [6.45, 7) is 2.15. The highest BCUT2D eigenvalue weighted by atomic mass is 16.2. The number of aliphatic imine (C=N–C) groups is 1. The normalized spacial score (nSPS) is 37.0. The molecule has 1 heterocycles. The summed E-state index contributed by atoms with van der Waals surface area (Å²) < 4.78 is 0. The van der Waals surface area contributed by atoms with Gasteiger partial charge in [-0.25, -0.2) is 4.79 Å². The molecular weight excluding hydrogens is 178 g/mol. The second kappa shape index (κ2) is 2.97. The van der Waals surface area contributed by atoms with Gasteiger partial charge in [0.1, 0.15) is 11.4 Å². The van der Waals surface area contributed by atoms with Crippen molar-refractivity contribution in [1.82, 2.24) is 4.90 Å².